The molecule has 0 heterocycles. The molecular weight excluding hydrogens is 422 g/mol. The van der Waals surface area contributed by atoms with Crippen molar-refractivity contribution in [3.05, 3.63) is 0 Å². The second-order valence-corrected chi connectivity index (χ2v) is 4.58. The summed E-state index contributed by atoms with van der Waals surface area (Å²) in [5.74, 6) is -5.65. The van der Waals surface area contributed by atoms with Gasteiger partial charge in [-0.3, -0.25) is 24.2 Å². The Morgan fingerprint density at radius 2 is 1.12 bits per heavy atom. The molecule has 0 aromatic carbocycles. The van der Waals surface area contributed by atoms with E-state index in [4.69, 9.17) is 20.4 Å². The average molecular weight is 440 g/mol. The van der Waals surface area contributed by atoms with Crippen LogP contribution in [0.2, 0.25) is 0 Å². The molecular formula is C11H18N2Ni2O9. The van der Waals surface area contributed by atoms with Crippen molar-refractivity contribution >= 4 is 23.9 Å². The van der Waals surface area contributed by atoms with Gasteiger partial charge in [0.25, 0.3) is 0 Å². The first-order chi connectivity index (χ1) is 10.0. The van der Waals surface area contributed by atoms with Crippen LogP contribution < -0.4 is 0 Å². The molecule has 0 aliphatic rings. The van der Waals surface area contributed by atoms with Gasteiger partial charge in [-0.2, -0.15) is 0 Å². The third kappa shape index (κ3) is 11.3. The summed E-state index contributed by atoms with van der Waals surface area (Å²) in [6.45, 7) is -1.00. The molecule has 24 heavy (non-hydrogen) atoms. The van der Waals surface area contributed by atoms with E-state index in [9.17, 15) is 24.3 Å². The van der Waals surface area contributed by atoms with E-state index in [0.717, 1.165) is 4.90 Å². The first-order valence-corrected chi connectivity index (χ1v) is 6.09. The maximum Gasteiger partial charge on any atom is 0.348 e. The van der Waals surface area contributed by atoms with Crippen LogP contribution in [0, 0.1) is 0 Å². The van der Waals surface area contributed by atoms with E-state index in [2.05, 4.69) is 0 Å². The van der Waals surface area contributed by atoms with Gasteiger partial charge >= 0.3 is 23.9 Å². The van der Waals surface area contributed by atoms with Crippen LogP contribution in [0.3, 0.4) is 0 Å². The predicted octanol–water partition coefficient (Wildman–Crippen LogP) is -2.37. The molecule has 0 aromatic heterocycles. The number of hydrogen-bond donors (Lipinski definition) is 5. The van der Waals surface area contributed by atoms with Crippen molar-refractivity contribution in [2.45, 2.75) is 19.2 Å². The quantitative estimate of drug-likeness (QED) is 0.172. The molecule has 2 unspecified atom stereocenters. The van der Waals surface area contributed by atoms with E-state index in [1.807, 2.05) is 0 Å². The number of aliphatic carboxylic acids is 4. The number of carboxylic acids is 4. The molecule has 2 atom stereocenters. The van der Waals surface area contributed by atoms with Crippen molar-refractivity contribution in [2.24, 2.45) is 0 Å². The normalized spacial score (nSPS) is 12.7. The van der Waals surface area contributed by atoms with E-state index in [-0.39, 0.29) is 39.5 Å². The molecule has 0 aliphatic heterocycles. The summed E-state index contributed by atoms with van der Waals surface area (Å²) < 4.78 is 0. The Morgan fingerprint density at radius 1 is 0.792 bits per heavy atom. The third-order valence-electron chi connectivity index (χ3n) is 2.70. The summed E-state index contributed by atoms with van der Waals surface area (Å²) in [5.41, 5.74) is 0. The Bertz CT molecular complexity index is 433. The molecule has 0 fully saturated rings. The number of carbonyl (C=O) groups is 4. The molecule has 5 N–H and O–H groups in total. The summed E-state index contributed by atoms with van der Waals surface area (Å²) >= 11 is 0. The molecule has 13 heteroatoms. The van der Waals surface area contributed by atoms with Crippen LogP contribution in [0.5, 0.6) is 0 Å². The minimum absolute atomic E-state index is 0. The van der Waals surface area contributed by atoms with Crippen molar-refractivity contribution in [2.75, 3.05) is 26.2 Å². The van der Waals surface area contributed by atoms with Crippen LogP contribution in [0.15, 0.2) is 0 Å². The topological polar surface area (TPSA) is 176 Å². The summed E-state index contributed by atoms with van der Waals surface area (Å²) in [6, 6.07) is -0.819. The van der Waals surface area contributed by atoms with Crippen molar-refractivity contribution in [3.63, 3.8) is 0 Å². The number of nitrogens with zero attached hydrogens (tertiary/aromatic N) is 2. The van der Waals surface area contributed by atoms with Crippen LogP contribution in [0.4, 0.5) is 0 Å². The zero-order chi connectivity index (χ0) is 17.4. The van der Waals surface area contributed by atoms with Gasteiger partial charge in [-0.25, -0.2) is 4.79 Å². The van der Waals surface area contributed by atoms with Crippen LogP contribution in [-0.4, -0.2) is 97.7 Å². The Morgan fingerprint density at radius 3 is 1.42 bits per heavy atom. The molecule has 11 nitrogen and oxygen atoms in total. The van der Waals surface area contributed by atoms with Crippen molar-refractivity contribution in [3.8, 4) is 0 Å². The summed E-state index contributed by atoms with van der Waals surface area (Å²) in [6.07, 6.45) is -2.10. The van der Waals surface area contributed by atoms with Gasteiger partial charge in [0.1, 0.15) is 0 Å². The number of aliphatic hydroxyl groups excluding tert-OH is 1. The van der Waals surface area contributed by atoms with E-state index in [0.29, 0.717) is 4.90 Å². The molecule has 0 rings (SSSR count). The molecule has 0 spiro atoms. The fourth-order valence-corrected chi connectivity index (χ4v) is 1.75. The predicted molar refractivity (Wildman–Crippen MR) is 69.2 cm³/mol. The van der Waals surface area contributed by atoms with Crippen LogP contribution in [-0.2, 0) is 52.2 Å². The zero-order valence-electron chi connectivity index (χ0n) is 12.4. The molecule has 0 aromatic rings. The van der Waals surface area contributed by atoms with Gasteiger partial charge in [0, 0.05) is 45.6 Å². The summed E-state index contributed by atoms with van der Waals surface area (Å²) in [4.78, 5) is 44.6. The smallest absolute Gasteiger partial charge is 0.348 e. The first kappa shape index (κ1) is 27.6. The van der Waals surface area contributed by atoms with Crippen LogP contribution in [0.25, 0.3) is 0 Å². The Balaban J connectivity index is -0.00000220. The number of carboxylic acid groups (broad SMARTS) is 4. The van der Waals surface area contributed by atoms with Gasteiger partial charge in [-0.05, 0) is 6.92 Å². The summed E-state index contributed by atoms with van der Waals surface area (Å²) in [5, 5.41) is 44.3. The van der Waals surface area contributed by atoms with Gasteiger partial charge < -0.3 is 25.5 Å². The van der Waals surface area contributed by atoms with Crippen molar-refractivity contribution < 1.29 is 77.7 Å². The second-order valence-electron chi connectivity index (χ2n) is 4.58. The van der Waals surface area contributed by atoms with Gasteiger partial charge in [0.2, 0.25) is 6.23 Å². The Hall–Kier alpha value is -1.25. The van der Waals surface area contributed by atoms with Gasteiger partial charge in [0.15, 0.2) is 0 Å². The monoisotopic (exact) mass is 438 g/mol. The molecule has 0 saturated heterocycles. The van der Waals surface area contributed by atoms with Gasteiger partial charge in [-0.15, -0.1) is 0 Å². The molecule has 0 aliphatic carbocycles. The van der Waals surface area contributed by atoms with Crippen molar-refractivity contribution in [1.29, 1.82) is 0 Å². The maximum absolute atomic E-state index is 10.7. The molecule has 0 radical (unpaired) electrons. The van der Waals surface area contributed by atoms with E-state index in [1.54, 1.807) is 0 Å². The largest absolute Gasteiger partial charge is 0.480 e. The van der Waals surface area contributed by atoms with Gasteiger partial charge in [-0.1, -0.05) is 0 Å². The zero-order valence-corrected chi connectivity index (χ0v) is 14.4. The summed E-state index contributed by atoms with van der Waals surface area (Å²) in [7, 11) is 0. The maximum atomic E-state index is 10.7. The number of aliphatic hydroxyl groups is 1. The Kier molecular flexibility index (Phi) is 15.0. The van der Waals surface area contributed by atoms with Crippen molar-refractivity contribution in [1.82, 2.24) is 9.80 Å². The molecule has 0 bridgehead atoms. The van der Waals surface area contributed by atoms with Crippen LogP contribution in [0.1, 0.15) is 6.92 Å². The minimum Gasteiger partial charge on any atom is -0.480 e. The molecule has 0 amide bonds. The fraction of sp³-hybridized carbons (Fsp3) is 0.636. The molecule has 146 valence electrons. The number of hydrogen-bond acceptors (Lipinski definition) is 7. The SMILES string of the molecule is CC(CN(CC(=O)O)C(O)C(=O)O)N(CC(=O)O)CC(=O)O.[Ni].[Ni]. The van der Waals surface area contributed by atoms with Crippen LogP contribution >= 0.6 is 0 Å². The second kappa shape index (κ2) is 13.1. The third-order valence-corrected chi connectivity index (χ3v) is 2.70. The standard InChI is InChI=1S/C11H18N2O9.2Ni/c1-6(12(3-7(14)15)4-8(16)17)2-13(5-9(18)19)10(20)11(21)22;;/h6,10,20H,2-5H2,1H3,(H,14,15)(H,16,17)(H,18,19)(H,21,22);;. The molecule has 0 saturated carbocycles. The first-order valence-electron chi connectivity index (χ1n) is 6.09. The average Bonchev–Trinajstić information content (AvgIpc) is 2.34. The van der Waals surface area contributed by atoms with Gasteiger partial charge in [0.05, 0.1) is 19.6 Å². The van der Waals surface area contributed by atoms with E-state index >= 15 is 0 Å². The van der Waals surface area contributed by atoms with E-state index in [1.165, 1.54) is 6.92 Å². The van der Waals surface area contributed by atoms with E-state index < -0.39 is 55.8 Å². The minimum atomic E-state index is -2.10. The fourth-order valence-electron chi connectivity index (χ4n) is 1.75. The Labute approximate surface area is 157 Å². The number of rotatable bonds is 11.